The maximum atomic E-state index is 11.9. The second kappa shape index (κ2) is 6.45. The van der Waals surface area contributed by atoms with E-state index in [1.165, 1.54) is 18.2 Å². The molecule has 0 heterocycles. The number of nitro groups is 1. The zero-order valence-corrected chi connectivity index (χ0v) is 11.8. The average molecular weight is 392 g/mol. The summed E-state index contributed by atoms with van der Waals surface area (Å²) in [5.41, 5.74) is -3.69. The highest BCUT2D eigenvalue weighted by Gasteiger charge is 2.27. The second-order valence-corrected chi connectivity index (χ2v) is 5.46. The molecule has 0 aliphatic rings. The van der Waals surface area contributed by atoms with Gasteiger partial charge in [0.1, 0.15) is 0 Å². The molecule has 4 nitrogen and oxygen atoms in total. The van der Waals surface area contributed by atoms with Crippen molar-refractivity contribution in [2.45, 2.75) is 5.51 Å². The SMILES string of the molecule is O=[N+]([O-])c1ccc(NCCSC(F)(F)F)c(I)c1. The lowest BCUT2D eigenvalue weighted by Gasteiger charge is -2.09. The van der Waals surface area contributed by atoms with Gasteiger partial charge in [0.05, 0.1) is 4.92 Å². The van der Waals surface area contributed by atoms with Gasteiger partial charge in [0.2, 0.25) is 0 Å². The molecule has 1 aromatic carbocycles. The van der Waals surface area contributed by atoms with Crippen LogP contribution < -0.4 is 5.32 Å². The van der Waals surface area contributed by atoms with Crippen molar-refractivity contribution in [3.05, 3.63) is 31.9 Å². The lowest BCUT2D eigenvalue weighted by Crippen LogP contribution is -2.10. The molecule has 0 aromatic heterocycles. The van der Waals surface area contributed by atoms with Gasteiger partial charge < -0.3 is 5.32 Å². The molecular weight excluding hydrogens is 384 g/mol. The molecule has 0 radical (unpaired) electrons. The van der Waals surface area contributed by atoms with Gasteiger partial charge in [-0.2, -0.15) is 13.2 Å². The van der Waals surface area contributed by atoms with E-state index in [1.54, 1.807) is 0 Å². The van der Waals surface area contributed by atoms with Crippen LogP contribution in [0.1, 0.15) is 0 Å². The number of thioether (sulfide) groups is 1. The molecule has 0 spiro atoms. The molecule has 1 aromatic rings. The van der Waals surface area contributed by atoms with Crippen LogP contribution in [0.25, 0.3) is 0 Å². The first-order valence-electron chi connectivity index (χ1n) is 4.68. The normalized spacial score (nSPS) is 11.3. The van der Waals surface area contributed by atoms with Gasteiger partial charge in [0, 0.05) is 33.7 Å². The minimum Gasteiger partial charge on any atom is -0.383 e. The standard InChI is InChI=1S/C9H8F3IN2O2S/c10-9(11,12)18-4-3-14-8-2-1-6(15(16)17)5-7(8)13/h1-2,5,14H,3-4H2. The van der Waals surface area contributed by atoms with Crippen molar-refractivity contribution < 1.29 is 18.1 Å². The maximum absolute atomic E-state index is 11.9. The Bertz CT molecular complexity index is 442. The molecule has 0 aliphatic heterocycles. The van der Waals surface area contributed by atoms with Crippen molar-refractivity contribution in [2.24, 2.45) is 0 Å². The van der Waals surface area contributed by atoms with E-state index in [0.29, 0.717) is 9.26 Å². The first-order valence-corrected chi connectivity index (χ1v) is 6.74. The summed E-state index contributed by atoms with van der Waals surface area (Å²) in [5, 5.41) is 13.3. The molecule has 1 N–H and O–H groups in total. The van der Waals surface area contributed by atoms with E-state index in [1.807, 2.05) is 22.6 Å². The topological polar surface area (TPSA) is 55.2 Å². The molecule has 0 atom stereocenters. The van der Waals surface area contributed by atoms with Gasteiger partial charge in [-0.3, -0.25) is 10.1 Å². The quantitative estimate of drug-likeness (QED) is 0.358. The van der Waals surface area contributed by atoms with Gasteiger partial charge in [0.25, 0.3) is 5.69 Å². The number of rotatable bonds is 5. The summed E-state index contributed by atoms with van der Waals surface area (Å²) in [6.45, 7) is 0.137. The van der Waals surface area contributed by atoms with E-state index < -0.39 is 10.4 Å². The van der Waals surface area contributed by atoms with Crippen LogP contribution in [0.2, 0.25) is 0 Å². The molecule has 100 valence electrons. The highest BCUT2D eigenvalue weighted by Crippen LogP contribution is 2.30. The van der Waals surface area contributed by atoms with Crippen LogP contribution in [0, 0.1) is 13.7 Å². The van der Waals surface area contributed by atoms with Crippen LogP contribution >= 0.6 is 34.4 Å². The monoisotopic (exact) mass is 392 g/mol. The van der Waals surface area contributed by atoms with E-state index in [2.05, 4.69) is 5.32 Å². The molecule has 0 amide bonds. The predicted octanol–water partition coefficient (Wildman–Crippen LogP) is 3.86. The Morgan fingerprint density at radius 3 is 2.61 bits per heavy atom. The third-order valence-electron chi connectivity index (χ3n) is 1.85. The highest BCUT2D eigenvalue weighted by atomic mass is 127. The Morgan fingerprint density at radius 1 is 1.44 bits per heavy atom. The lowest BCUT2D eigenvalue weighted by molar-refractivity contribution is -0.384. The summed E-state index contributed by atoms with van der Waals surface area (Å²) in [5.74, 6) is -0.115. The number of nitrogens with zero attached hydrogens (tertiary/aromatic N) is 1. The number of nitrogens with one attached hydrogen (secondary N) is 1. The zero-order valence-electron chi connectivity index (χ0n) is 8.83. The van der Waals surface area contributed by atoms with Gasteiger partial charge in [-0.1, -0.05) is 0 Å². The molecule has 0 saturated heterocycles. The first-order chi connectivity index (χ1) is 8.29. The van der Waals surface area contributed by atoms with Crippen molar-refractivity contribution in [3.63, 3.8) is 0 Å². The fraction of sp³-hybridized carbons (Fsp3) is 0.333. The van der Waals surface area contributed by atoms with E-state index >= 15 is 0 Å². The van der Waals surface area contributed by atoms with E-state index in [0.717, 1.165) is 0 Å². The van der Waals surface area contributed by atoms with Gasteiger partial charge >= 0.3 is 5.51 Å². The number of anilines is 1. The fourth-order valence-corrected chi connectivity index (χ4v) is 2.24. The van der Waals surface area contributed by atoms with Gasteiger partial charge in [-0.25, -0.2) is 0 Å². The number of halogens is 4. The Kier molecular flexibility index (Phi) is 5.50. The van der Waals surface area contributed by atoms with Gasteiger partial charge in [0.15, 0.2) is 0 Å². The van der Waals surface area contributed by atoms with Crippen LogP contribution in [0.4, 0.5) is 24.5 Å². The van der Waals surface area contributed by atoms with E-state index in [-0.39, 0.29) is 29.7 Å². The summed E-state index contributed by atoms with van der Waals surface area (Å²) in [7, 11) is 0. The van der Waals surface area contributed by atoms with Crippen LogP contribution in [-0.2, 0) is 0 Å². The molecule has 0 fully saturated rings. The smallest absolute Gasteiger partial charge is 0.383 e. The van der Waals surface area contributed by atoms with Crippen LogP contribution in [0.5, 0.6) is 0 Å². The zero-order chi connectivity index (χ0) is 13.8. The fourth-order valence-electron chi connectivity index (χ4n) is 1.11. The summed E-state index contributed by atoms with van der Waals surface area (Å²) in [6, 6.07) is 4.15. The lowest BCUT2D eigenvalue weighted by atomic mass is 10.3. The van der Waals surface area contributed by atoms with E-state index in [9.17, 15) is 23.3 Å². The predicted molar refractivity (Wildman–Crippen MR) is 72.8 cm³/mol. The number of hydrogen-bond donors (Lipinski definition) is 1. The van der Waals surface area contributed by atoms with Crippen LogP contribution in [0.15, 0.2) is 18.2 Å². The Hall–Kier alpha value is -0.710. The second-order valence-electron chi connectivity index (χ2n) is 3.14. The first kappa shape index (κ1) is 15.3. The van der Waals surface area contributed by atoms with Crippen molar-refractivity contribution >= 4 is 45.7 Å². The summed E-state index contributed by atoms with van der Waals surface area (Å²) < 4.78 is 36.2. The van der Waals surface area contributed by atoms with Gasteiger partial charge in [-0.05, 0) is 40.4 Å². The van der Waals surface area contributed by atoms with Crippen molar-refractivity contribution in [1.82, 2.24) is 0 Å². The summed E-state index contributed by atoms with van der Waals surface area (Å²) in [4.78, 5) is 9.97. The Morgan fingerprint density at radius 2 is 2.11 bits per heavy atom. The molecule has 0 unspecified atom stereocenters. The summed E-state index contributed by atoms with van der Waals surface area (Å²) in [6.07, 6.45) is 0. The largest absolute Gasteiger partial charge is 0.441 e. The van der Waals surface area contributed by atoms with E-state index in [4.69, 9.17) is 0 Å². The molecule has 9 heteroatoms. The average Bonchev–Trinajstić information content (AvgIpc) is 2.24. The molecular formula is C9H8F3IN2O2S. The molecule has 0 aliphatic carbocycles. The third kappa shape index (κ3) is 5.29. The Balaban J connectivity index is 2.51. The number of hydrogen-bond acceptors (Lipinski definition) is 4. The number of non-ortho nitro benzene ring substituents is 1. The van der Waals surface area contributed by atoms with Crippen LogP contribution in [0.3, 0.4) is 0 Å². The Labute approximate surface area is 119 Å². The minimum absolute atomic E-state index is 0.0467. The van der Waals surface area contributed by atoms with Crippen molar-refractivity contribution in [2.75, 3.05) is 17.6 Å². The number of nitro benzene ring substituents is 1. The molecule has 18 heavy (non-hydrogen) atoms. The van der Waals surface area contributed by atoms with Gasteiger partial charge in [-0.15, -0.1) is 0 Å². The number of alkyl halides is 3. The van der Waals surface area contributed by atoms with Crippen molar-refractivity contribution in [1.29, 1.82) is 0 Å². The van der Waals surface area contributed by atoms with Crippen molar-refractivity contribution in [3.8, 4) is 0 Å². The number of benzene rings is 1. The maximum Gasteiger partial charge on any atom is 0.441 e. The third-order valence-corrected chi connectivity index (χ3v) is 3.47. The highest BCUT2D eigenvalue weighted by molar-refractivity contribution is 14.1. The summed E-state index contributed by atoms with van der Waals surface area (Å²) >= 11 is 1.78. The molecule has 0 bridgehead atoms. The van der Waals surface area contributed by atoms with Crippen LogP contribution in [-0.4, -0.2) is 22.7 Å². The molecule has 1 rings (SSSR count). The minimum atomic E-state index is -4.23. The molecule has 0 saturated carbocycles.